The molecule has 1 unspecified atom stereocenters. The lowest BCUT2D eigenvalue weighted by Crippen LogP contribution is -2.12. The van der Waals surface area contributed by atoms with Gasteiger partial charge in [0.25, 0.3) is 0 Å². The Kier molecular flexibility index (Phi) is 3.49. The summed E-state index contributed by atoms with van der Waals surface area (Å²) >= 11 is 0. The van der Waals surface area contributed by atoms with Crippen LogP contribution in [0.4, 0.5) is 0 Å². The zero-order valence-corrected chi connectivity index (χ0v) is 10.0. The van der Waals surface area contributed by atoms with E-state index in [1.807, 2.05) is 19.1 Å². The van der Waals surface area contributed by atoms with Gasteiger partial charge < -0.3 is 5.11 Å². The van der Waals surface area contributed by atoms with Crippen LogP contribution in [0, 0.1) is 6.92 Å². The Morgan fingerprint density at radius 1 is 1.47 bits per heavy atom. The molecule has 0 saturated carbocycles. The third kappa shape index (κ3) is 2.34. The first-order valence-corrected chi connectivity index (χ1v) is 5.72. The summed E-state index contributed by atoms with van der Waals surface area (Å²) < 4.78 is 1.72. The molecule has 5 nitrogen and oxygen atoms in total. The summed E-state index contributed by atoms with van der Waals surface area (Å²) in [7, 11) is 0. The van der Waals surface area contributed by atoms with Crippen LogP contribution < -0.4 is 0 Å². The molecule has 2 heterocycles. The van der Waals surface area contributed by atoms with Crippen LogP contribution in [-0.2, 0) is 6.54 Å². The van der Waals surface area contributed by atoms with E-state index in [9.17, 15) is 5.11 Å². The molecule has 0 amide bonds. The van der Waals surface area contributed by atoms with Crippen molar-refractivity contribution >= 4 is 0 Å². The van der Waals surface area contributed by atoms with Crippen LogP contribution >= 0.6 is 0 Å². The normalized spacial score (nSPS) is 12.6. The number of nitrogens with zero attached hydrogens (tertiary/aromatic N) is 4. The fourth-order valence-corrected chi connectivity index (χ4v) is 1.79. The molecule has 2 aromatic heterocycles. The summed E-state index contributed by atoms with van der Waals surface area (Å²) in [5.41, 5.74) is 2.31. The summed E-state index contributed by atoms with van der Waals surface area (Å²) in [6, 6.07) is 3.78. The fraction of sp³-hybridized carbons (Fsp3) is 0.417. The SMILES string of the molecule is CCCn1nncc1C(O)c1ncccc1C. The van der Waals surface area contributed by atoms with Crippen LogP contribution in [0.5, 0.6) is 0 Å². The van der Waals surface area contributed by atoms with Gasteiger partial charge in [-0.3, -0.25) is 4.98 Å². The molecule has 0 bridgehead atoms. The largest absolute Gasteiger partial charge is 0.380 e. The zero-order valence-electron chi connectivity index (χ0n) is 10.0. The maximum absolute atomic E-state index is 10.3. The van der Waals surface area contributed by atoms with Crippen LogP contribution in [0.25, 0.3) is 0 Å². The smallest absolute Gasteiger partial charge is 0.139 e. The highest BCUT2D eigenvalue weighted by Gasteiger charge is 2.18. The van der Waals surface area contributed by atoms with Gasteiger partial charge >= 0.3 is 0 Å². The van der Waals surface area contributed by atoms with E-state index in [-0.39, 0.29) is 0 Å². The van der Waals surface area contributed by atoms with E-state index in [1.165, 1.54) is 0 Å². The van der Waals surface area contributed by atoms with Crippen LogP contribution in [0.15, 0.2) is 24.5 Å². The molecule has 1 N–H and O–H groups in total. The quantitative estimate of drug-likeness (QED) is 0.867. The minimum absolute atomic E-state index is 0.659. The van der Waals surface area contributed by atoms with E-state index in [4.69, 9.17) is 0 Å². The third-order valence-electron chi connectivity index (χ3n) is 2.67. The van der Waals surface area contributed by atoms with E-state index >= 15 is 0 Å². The van der Waals surface area contributed by atoms with Gasteiger partial charge in [0.15, 0.2) is 0 Å². The minimum atomic E-state index is -0.766. The monoisotopic (exact) mass is 232 g/mol. The molecule has 90 valence electrons. The molecular formula is C12H16N4O. The van der Waals surface area contributed by atoms with Gasteiger partial charge in [0, 0.05) is 12.7 Å². The Balaban J connectivity index is 2.34. The van der Waals surface area contributed by atoms with Crippen LogP contribution in [0.3, 0.4) is 0 Å². The number of hydrogen-bond acceptors (Lipinski definition) is 4. The van der Waals surface area contributed by atoms with Gasteiger partial charge in [-0.1, -0.05) is 18.2 Å². The minimum Gasteiger partial charge on any atom is -0.380 e. The number of aromatic nitrogens is 4. The van der Waals surface area contributed by atoms with Gasteiger partial charge in [-0.05, 0) is 25.0 Å². The molecule has 2 rings (SSSR count). The molecule has 0 spiro atoms. The van der Waals surface area contributed by atoms with Crippen LogP contribution in [0.1, 0.15) is 36.4 Å². The number of rotatable bonds is 4. The van der Waals surface area contributed by atoms with Crippen molar-refractivity contribution < 1.29 is 5.11 Å². The maximum atomic E-state index is 10.3. The Bertz CT molecular complexity index is 495. The first kappa shape index (κ1) is 11.7. The van der Waals surface area contributed by atoms with Gasteiger partial charge in [-0.15, -0.1) is 5.10 Å². The molecule has 5 heteroatoms. The molecule has 0 saturated heterocycles. The number of pyridine rings is 1. The fourth-order valence-electron chi connectivity index (χ4n) is 1.79. The molecule has 0 aromatic carbocycles. The lowest BCUT2D eigenvalue weighted by atomic mass is 10.1. The first-order chi connectivity index (χ1) is 8.24. The van der Waals surface area contributed by atoms with Crippen molar-refractivity contribution in [1.82, 2.24) is 20.0 Å². The molecule has 17 heavy (non-hydrogen) atoms. The Morgan fingerprint density at radius 3 is 3.00 bits per heavy atom. The van der Waals surface area contributed by atoms with Gasteiger partial charge in [-0.25, -0.2) is 4.68 Å². The van der Waals surface area contributed by atoms with Crippen molar-refractivity contribution in [3.05, 3.63) is 41.5 Å². The van der Waals surface area contributed by atoms with Crippen molar-refractivity contribution in [2.75, 3.05) is 0 Å². The summed E-state index contributed by atoms with van der Waals surface area (Å²) in [5, 5.41) is 18.1. The van der Waals surface area contributed by atoms with Gasteiger partial charge in [0.05, 0.1) is 17.6 Å². The third-order valence-corrected chi connectivity index (χ3v) is 2.67. The van der Waals surface area contributed by atoms with Crippen molar-refractivity contribution in [3.63, 3.8) is 0 Å². The first-order valence-electron chi connectivity index (χ1n) is 5.72. The molecule has 1 atom stereocenters. The van der Waals surface area contributed by atoms with Crippen molar-refractivity contribution in [2.24, 2.45) is 0 Å². The van der Waals surface area contributed by atoms with Gasteiger partial charge in [0.1, 0.15) is 6.10 Å². The molecule has 0 fully saturated rings. The Labute approximate surface area is 100 Å². The molecule has 0 aliphatic rings. The van der Waals surface area contributed by atoms with E-state index < -0.39 is 6.10 Å². The lowest BCUT2D eigenvalue weighted by molar-refractivity contribution is 0.201. The van der Waals surface area contributed by atoms with E-state index in [0.29, 0.717) is 11.4 Å². The summed E-state index contributed by atoms with van der Waals surface area (Å²) in [6.45, 7) is 4.74. The van der Waals surface area contributed by atoms with E-state index in [0.717, 1.165) is 18.5 Å². The highest BCUT2D eigenvalue weighted by Crippen LogP contribution is 2.21. The Hall–Kier alpha value is -1.75. The highest BCUT2D eigenvalue weighted by atomic mass is 16.3. The number of hydrogen-bond donors (Lipinski definition) is 1. The molecule has 2 aromatic rings. The van der Waals surface area contributed by atoms with Crippen molar-refractivity contribution in [2.45, 2.75) is 32.9 Å². The summed E-state index contributed by atoms with van der Waals surface area (Å²) in [6.07, 6.45) is 3.45. The number of aryl methyl sites for hydroxylation is 2. The summed E-state index contributed by atoms with van der Waals surface area (Å²) in [5.74, 6) is 0. The van der Waals surface area contributed by atoms with Crippen molar-refractivity contribution in [3.8, 4) is 0 Å². The average Bonchev–Trinajstić information content (AvgIpc) is 2.78. The van der Waals surface area contributed by atoms with E-state index in [1.54, 1.807) is 17.1 Å². The molecule has 0 radical (unpaired) electrons. The maximum Gasteiger partial charge on any atom is 0.139 e. The molecule has 0 aliphatic carbocycles. The standard InChI is InChI=1S/C12H16N4O/c1-3-7-16-10(8-14-15-16)12(17)11-9(2)5-4-6-13-11/h4-6,8,12,17H,3,7H2,1-2H3. The number of aliphatic hydroxyl groups is 1. The lowest BCUT2D eigenvalue weighted by Gasteiger charge is -2.13. The summed E-state index contributed by atoms with van der Waals surface area (Å²) in [4.78, 5) is 4.22. The Morgan fingerprint density at radius 2 is 2.29 bits per heavy atom. The zero-order chi connectivity index (χ0) is 12.3. The van der Waals surface area contributed by atoms with Crippen molar-refractivity contribution in [1.29, 1.82) is 0 Å². The van der Waals surface area contributed by atoms with E-state index in [2.05, 4.69) is 22.2 Å². The predicted molar refractivity (Wildman–Crippen MR) is 63.3 cm³/mol. The predicted octanol–water partition coefficient (Wildman–Crippen LogP) is 1.47. The molecule has 0 aliphatic heterocycles. The van der Waals surface area contributed by atoms with Gasteiger partial charge in [0.2, 0.25) is 0 Å². The van der Waals surface area contributed by atoms with Crippen LogP contribution in [-0.4, -0.2) is 25.1 Å². The van der Waals surface area contributed by atoms with Gasteiger partial charge in [-0.2, -0.15) is 0 Å². The van der Waals surface area contributed by atoms with Crippen LogP contribution in [0.2, 0.25) is 0 Å². The topological polar surface area (TPSA) is 63.8 Å². The second kappa shape index (κ2) is 5.05. The molecular weight excluding hydrogens is 216 g/mol. The second-order valence-corrected chi connectivity index (χ2v) is 3.99. The average molecular weight is 232 g/mol. The highest BCUT2D eigenvalue weighted by molar-refractivity contribution is 5.25. The second-order valence-electron chi connectivity index (χ2n) is 3.99. The number of aliphatic hydroxyl groups excluding tert-OH is 1.